The Balaban J connectivity index is 1.62. The zero-order valence-electron chi connectivity index (χ0n) is 28.9. The van der Waals surface area contributed by atoms with Gasteiger partial charge in [0.2, 0.25) is 23.6 Å². The van der Waals surface area contributed by atoms with Crippen LogP contribution in [0.3, 0.4) is 0 Å². The van der Waals surface area contributed by atoms with Crippen LogP contribution in [0, 0.1) is 11.8 Å². The van der Waals surface area contributed by atoms with Gasteiger partial charge in [-0.25, -0.2) is 0 Å². The van der Waals surface area contributed by atoms with E-state index in [4.69, 9.17) is 0 Å². The molecule has 47 heavy (non-hydrogen) atoms. The van der Waals surface area contributed by atoms with E-state index < -0.39 is 24.2 Å². The number of amides is 4. The van der Waals surface area contributed by atoms with Gasteiger partial charge in [0.1, 0.15) is 24.2 Å². The zero-order chi connectivity index (χ0) is 34.1. The average molecular weight is 649 g/mol. The van der Waals surface area contributed by atoms with E-state index >= 15 is 0 Å². The Bertz CT molecular complexity index is 1280. The summed E-state index contributed by atoms with van der Waals surface area (Å²) in [5.41, 5.74) is 2.52. The summed E-state index contributed by atoms with van der Waals surface area (Å²) in [4.78, 5) is 58.7. The van der Waals surface area contributed by atoms with Crippen LogP contribution in [0.5, 0.6) is 0 Å². The van der Waals surface area contributed by atoms with Crippen molar-refractivity contribution in [1.29, 1.82) is 0 Å². The van der Waals surface area contributed by atoms with Gasteiger partial charge in [-0.15, -0.1) is 0 Å². The fraction of sp³-hybridized carbons (Fsp3) is 0.622. The summed E-state index contributed by atoms with van der Waals surface area (Å²) in [7, 11) is 0. The second kappa shape index (κ2) is 16.8. The highest BCUT2D eigenvalue weighted by molar-refractivity contribution is 5.93. The van der Waals surface area contributed by atoms with Crippen LogP contribution in [-0.2, 0) is 25.6 Å². The van der Waals surface area contributed by atoms with Crippen LogP contribution in [0.4, 0.5) is 0 Å². The summed E-state index contributed by atoms with van der Waals surface area (Å²) < 4.78 is 0. The molecule has 5 unspecified atom stereocenters. The van der Waals surface area contributed by atoms with Gasteiger partial charge in [-0.3, -0.25) is 19.2 Å². The van der Waals surface area contributed by atoms with Gasteiger partial charge < -0.3 is 31.1 Å². The van der Waals surface area contributed by atoms with Gasteiger partial charge in [0.15, 0.2) is 0 Å². The average Bonchev–Trinajstić information content (AvgIpc) is 3.70. The van der Waals surface area contributed by atoms with Crippen molar-refractivity contribution in [3.05, 3.63) is 60.4 Å². The summed E-state index contributed by atoms with van der Waals surface area (Å²) in [5, 5.41) is 12.9. The maximum Gasteiger partial charge on any atom is 0.245 e. The van der Waals surface area contributed by atoms with Crippen molar-refractivity contribution in [3.63, 3.8) is 0 Å². The van der Waals surface area contributed by atoms with E-state index in [0.717, 1.165) is 36.9 Å². The first kappa shape index (κ1) is 36.0. The van der Waals surface area contributed by atoms with E-state index in [0.29, 0.717) is 57.4 Å². The fourth-order valence-electron chi connectivity index (χ4n) is 7.06. The highest BCUT2D eigenvalue weighted by Gasteiger charge is 2.41. The molecular weight excluding hydrogens is 592 g/mol. The minimum atomic E-state index is -0.764. The molecule has 0 saturated carbocycles. The Kier molecular flexibility index (Phi) is 12.9. The monoisotopic (exact) mass is 648 g/mol. The lowest BCUT2D eigenvalue weighted by Gasteiger charge is -2.34. The third-order valence-electron chi connectivity index (χ3n) is 9.79. The van der Waals surface area contributed by atoms with Gasteiger partial charge in [0, 0.05) is 31.0 Å². The van der Waals surface area contributed by atoms with Gasteiger partial charge in [-0.2, -0.15) is 0 Å². The van der Waals surface area contributed by atoms with Gasteiger partial charge in [-0.05, 0) is 75.2 Å². The van der Waals surface area contributed by atoms with Crippen molar-refractivity contribution in [1.82, 2.24) is 31.1 Å². The number of rotatable bonds is 5. The van der Waals surface area contributed by atoms with Crippen molar-refractivity contribution in [3.8, 4) is 0 Å². The summed E-state index contributed by atoms with van der Waals surface area (Å²) in [6.45, 7) is 18.1. The summed E-state index contributed by atoms with van der Waals surface area (Å²) in [6.07, 6.45) is 5.94. The molecule has 0 aromatic heterocycles. The molecule has 4 N–H and O–H groups in total. The highest BCUT2D eigenvalue weighted by Crippen LogP contribution is 2.26. The second-order valence-corrected chi connectivity index (χ2v) is 14.0. The first-order chi connectivity index (χ1) is 22.5. The third-order valence-corrected chi connectivity index (χ3v) is 9.79. The molecule has 0 radical (unpaired) electrons. The SMILES string of the molecule is C=C1CCCCNC(=O)C2C[C@@H](C)CN2C(=O)C(CC)NC(=O)C(CCc2ccccc2)NC(=C)C2CCCN2C(=O)C(C(C)C)N1. The van der Waals surface area contributed by atoms with E-state index in [1.54, 1.807) is 4.90 Å². The summed E-state index contributed by atoms with van der Waals surface area (Å²) >= 11 is 0. The molecule has 0 spiro atoms. The number of carbonyl (C=O) groups excluding carboxylic acids is 4. The zero-order valence-corrected chi connectivity index (χ0v) is 28.9. The van der Waals surface area contributed by atoms with Crippen LogP contribution in [0.25, 0.3) is 0 Å². The molecule has 3 saturated heterocycles. The number of nitrogens with one attached hydrogen (secondary N) is 4. The third kappa shape index (κ3) is 9.39. The van der Waals surface area contributed by atoms with Crippen molar-refractivity contribution in [2.24, 2.45) is 11.8 Å². The van der Waals surface area contributed by atoms with Crippen molar-refractivity contribution >= 4 is 23.6 Å². The molecule has 10 nitrogen and oxygen atoms in total. The van der Waals surface area contributed by atoms with Crippen LogP contribution in [-0.4, -0.2) is 83.3 Å². The van der Waals surface area contributed by atoms with Gasteiger partial charge in [0.25, 0.3) is 0 Å². The Labute approximate surface area is 281 Å². The van der Waals surface area contributed by atoms with Crippen LogP contribution in [0.1, 0.15) is 84.6 Å². The first-order valence-corrected chi connectivity index (χ1v) is 17.6. The van der Waals surface area contributed by atoms with E-state index in [-0.39, 0.29) is 41.5 Å². The quantitative estimate of drug-likeness (QED) is 0.387. The van der Waals surface area contributed by atoms with Crippen molar-refractivity contribution in [2.75, 3.05) is 19.6 Å². The van der Waals surface area contributed by atoms with E-state index in [9.17, 15) is 19.2 Å². The van der Waals surface area contributed by atoms with Gasteiger partial charge in [-0.1, -0.05) is 71.2 Å². The molecule has 258 valence electrons. The van der Waals surface area contributed by atoms with E-state index in [1.807, 2.05) is 62.9 Å². The molecule has 3 heterocycles. The molecule has 0 bridgehead atoms. The summed E-state index contributed by atoms with van der Waals surface area (Å²) in [5.74, 6) is -0.468. The second-order valence-electron chi connectivity index (χ2n) is 14.0. The van der Waals surface area contributed by atoms with Gasteiger partial charge in [0.05, 0.1) is 6.04 Å². The number of aryl methyl sites for hydroxylation is 1. The molecule has 10 heteroatoms. The molecule has 6 atom stereocenters. The molecular formula is C37H56N6O4. The number of carbonyl (C=O) groups is 4. The Morgan fingerprint density at radius 1 is 0.872 bits per heavy atom. The minimum Gasteiger partial charge on any atom is -0.377 e. The lowest BCUT2D eigenvalue weighted by atomic mass is 10.00. The molecule has 4 amide bonds. The number of allylic oxidation sites excluding steroid dienone is 1. The molecule has 3 aliphatic heterocycles. The van der Waals surface area contributed by atoms with Crippen LogP contribution >= 0.6 is 0 Å². The molecule has 3 fully saturated rings. The standard InChI is InChI=1S/C37H56N6O4/c1-7-29-36(46)43-23-25(4)22-32(43)35(45)38-20-12-11-14-26(5)39-33(24(2)3)37(47)42-21-13-17-31(42)27(6)40-30(34(44)41-29)19-18-28-15-9-8-10-16-28/h8-10,15-16,24-25,29-33,39-40H,5-7,11-14,17-23H2,1-4H3,(H,38,45)(H,41,44)/t25-,29?,30?,31?,32?,33?/m1/s1. The Hall–Kier alpha value is -3.82. The number of hydrogen-bond donors (Lipinski definition) is 4. The van der Waals surface area contributed by atoms with E-state index in [1.165, 1.54) is 0 Å². The van der Waals surface area contributed by atoms with Crippen LogP contribution in [0.2, 0.25) is 0 Å². The molecule has 1 aromatic carbocycles. The maximum absolute atomic E-state index is 14.0. The molecule has 4 rings (SSSR count). The Morgan fingerprint density at radius 3 is 2.32 bits per heavy atom. The van der Waals surface area contributed by atoms with Crippen molar-refractivity contribution in [2.45, 2.75) is 116 Å². The largest absolute Gasteiger partial charge is 0.377 e. The number of nitrogens with zero attached hydrogens (tertiary/aromatic N) is 2. The molecule has 1 aromatic rings. The minimum absolute atomic E-state index is 0.00139. The lowest BCUT2D eigenvalue weighted by Crippen LogP contribution is -2.56. The predicted octanol–water partition coefficient (Wildman–Crippen LogP) is 3.64. The topological polar surface area (TPSA) is 123 Å². The predicted molar refractivity (Wildman–Crippen MR) is 185 cm³/mol. The van der Waals surface area contributed by atoms with Gasteiger partial charge >= 0.3 is 0 Å². The van der Waals surface area contributed by atoms with E-state index in [2.05, 4.69) is 34.4 Å². The number of fused-ring (bicyclic) bond motifs is 2. The number of hydrogen-bond acceptors (Lipinski definition) is 6. The molecule has 3 aliphatic rings. The van der Waals surface area contributed by atoms with Crippen LogP contribution in [0.15, 0.2) is 54.9 Å². The normalized spacial score (nSPS) is 29.0. The van der Waals surface area contributed by atoms with Crippen molar-refractivity contribution < 1.29 is 19.2 Å². The summed E-state index contributed by atoms with van der Waals surface area (Å²) in [6, 6.07) is 7.28. The fourth-order valence-corrected chi connectivity index (χ4v) is 7.06. The smallest absolute Gasteiger partial charge is 0.245 e. The van der Waals surface area contributed by atoms with Crippen LogP contribution < -0.4 is 21.3 Å². The first-order valence-electron chi connectivity index (χ1n) is 17.6. The Morgan fingerprint density at radius 2 is 1.62 bits per heavy atom. The highest BCUT2D eigenvalue weighted by atomic mass is 16.2. The maximum atomic E-state index is 14.0. The number of benzene rings is 1. The molecule has 0 aliphatic carbocycles. The lowest BCUT2D eigenvalue weighted by molar-refractivity contribution is -0.141.